The van der Waals surface area contributed by atoms with Gasteiger partial charge in [-0.1, -0.05) is 18.5 Å². The van der Waals surface area contributed by atoms with Gasteiger partial charge in [0.1, 0.15) is 6.07 Å². The van der Waals surface area contributed by atoms with E-state index in [-0.39, 0.29) is 12.5 Å². The molecule has 0 radical (unpaired) electrons. The van der Waals surface area contributed by atoms with Gasteiger partial charge in [0, 0.05) is 18.6 Å². The highest BCUT2D eigenvalue weighted by Gasteiger charge is 2.11. The van der Waals surface area contributed by atoms with Crippen LogP contribution in [0.25, 0.3) is 0 Å². The first-order valence-corrected chi connectivity index (χ1v) is 6.13. The number of hydrogen-bond donors (Lipinski definition) is 1. The lowest BCUT2D eigenvalue weighted by Gasteiger charge is -2.20. The summed E-state index contributed by atoms with van der Waals surface area (Å²) in [6.45, 7) is 2.88. The molecule has 1 N–H and O–H groups in total. The van der Waals surface area contributed by atoms with Crippen LogP contribution in [-0.2, 0) is 4.79 Å². The second-order valence-corrected chi connectivity index (χ2v) is 4.42. The molecule has 96 valence electrons. The minimum Gasteiger partial charge on any atom is -0.364 e. The van der Waals surface area contributed by atoms with Crippen LogP contribution in [0.15, 0.2) is 18.2 Å². The van der Waals surface area contributed by atoms with Crippen LogP contribution in [0.5, 0.6) is 0 Å². The summed E-state index contributed by atoms with van der Waals surface area (Å²) in [5.41, 5.74) is 1.17. The number of nitrogens with zero attached hydrogens (tertiary/aromatic N) is 2. The normalized spacial score (nSPS) is 9.67. The van der Waals surface area contributed by atoms with Gasteiger partial charge in [-0.3, -0.25) is 4.79 Å². The molecule has 0 saturated heterocycles. The third-order valence-electron chi connectivity index (χ3n) is 2.44. The molecule has 0 bridgehead atoms. The van der Waals surface area contributed by atoms with Gasteiger partial charge in [-0.25, -0.2) is 0 Å². The highest BCUT2D eigenvalue weighted by atomic mass is 35.5. The smallest absolute Gasteiger partial charge is 0.239 e. The molecular formula is C13H16ClN3O. The standard InChI is InChI=1S/C13H16ClN3O/c1-3-6-16-13(18)9-17(2)12-5-4-11(14)7-10(12)8-15/h4-5,7H,3,6,9H2,1-2H3,(H,16,18). The molecule has 1 amide bonds. The molecular weight excluding hydrogens is 250 g/mol. The number of carbonyl (C=O) groups excluding carboxylic acids is 1. The Morgan fingerprint density at radius 1 is 1.56 bits per heavy atom. The third-order valence-corrected chi connectivity index (χ3v) is 2.68. The van der Waals surface area contributed by atoms with E-state index in [1.54, 1.807) is 30.1 Å². The van der Waals surface area contributed by atoms with Crippen molar-refractivity contribution in [3.05, 3.63) is 28.8 Å². The Kier molecular flexibility index (Phi) is 5.47. The molecule has 0 atom stereocenters. The Labute approximate surface area is 112 Å². The molecule has 0 saturated carbocycles. The topological polar surface area (TPSA) is 56.1 Å². The minimum atomic E-state index is -0.0572. The second-order valence-electron chi connectivity index (χ2n) is 3.98. The second kappa shape index (κ2) is 6.87. The highest BCUT2D eigenvalue weighted by Crippen LogP contribution is 2.22. The first-order chi connectivity index (χ1) is 8.58. The van der Waals surface area contributed by atoms with E-state index in [0.717, 1.165) is 6.42 Å². The van der Waals surface area contributed by atoms with Crippen molar-refractivity contribution >= 4 is 23.2 Å². The first kappa shape index (κ1) is 14.3. The van der Waals surface area contributed by atoms with E-state index in [0.29, 0.717) is 22.8 Å². The summed E-state index contributed by atoms with van der Waals surface area (Å²) < 4.78 is 0. The zero-order chi connectivity index (χ0) is 13.5. The van der Waals surface area contributed by atoms with E-state index in [2.05, 4.69) is 11.4 Å². The van der Waals surface area contributed by atoms with Gasteiger partial charge in [0.05, 0.1) is 17.8 Å². The molecule has 0 aromatic heterocycles. The number of anilines is 1. The van der Waals surface area contributed by atoms with Crippen LogP contribution in [0.3, 0.4) is 0 Å². The van der Waals surface area contributed by atoms with E-state index in [1.165, 1.54) is 0 Å². The zero-order valence-electron chi connectivity index (χ0n) is 10.5. The molecule has 0 unspecified atom stereocenters. The fraction of sp³-hybridized carbons (Fsp3) is 0.385. The van der Waals surface area contributed by atoms with Gasteiger partial charge in [-0.05, 0) is 24.6 Å². The van der Waals surface area contributed by atoms with E-state index < -0.39 is 0 Å². The molecule has 0 aliphatic carbocycles. The van der Waals surface area contributed by atoms with Gasteiger partial charge in [0.15, 0.2) is 0 Å². The SMILES string of the molecule is CCCNC(=O)CN(C)c1ccc(Cl)cc1C#N. The molecule has 0 aliphatic heterocycles. The third kappa shape index (κ3) is 3.94. The number of amides is 1. The van der Waals surface area contributed by atoms with E-state index >= 15 is 0 Å². The average molecular weight is 266 g/mol. The highest BCUT2D eigenvalue weighted by molar-refractivity contribution is 6.30. The summed E-state index contributed by atoms with van der Waals surface area (Å²) in [5, 5.41) is 12.3. The zero-order valence-corrected chi connectivity index (χ0v) is 11.3. The lowest BCUT2D eigenvalue weighted by molar-refractivity contribution is -0.119. The molecule has 18 heavy (non-hydrogen) atoms. The van der Waals surface area contributed by atoms with E-state index in [4.69, 9.17) is 16.9 Å². The molecule has 1 aromatic rings. The van der Waals surface area contributed by atoms with Crippen LogP contribution >= 0.6 is 11.6 Å². The van der Waals surface area contributed by atoms with Crippen molar-refractivity contribution in [3.63, 3.8) is 0 Å². The number of carbonyl (C=O) groups is 1. The number of hydrogen-bond acceptors (Lipinski definition) is 3. The van der Waals surface area contributed by atoms with Crippen LogP contribution in [0.1, 0.15) is 18.9 Å². The Balaban J connectivity index is 2.75. The van der Waals surface area contributed by atoms with E-state index in [1.807, 2.05) is 6.92 Å². The molecule has 0 spiro atoms. The van der Waals surface area contributed by atoms with Gasteiger partial charge in [0.2, 0.25) is 5.91 Å². The minimum absolute atomic E-state index is 0.0572. The number of benzene rings is 1. The summed E-state index contributed by atoms with van der Waals surface area (Å²) in [5.74, 6) is -0.0572. The predicted molar refractivity (Wildman–Crippen MR) is 72.7 cm³/mol. The molecule has 0 heterocycles. The maximum atomic E-state index is 11.6. The van der Waals surface area contributed by atoms with Crippen molar-refractivity contribution in [1.29, 1.82) is 5.26 Å². The van der Waals surface area contributed by atoms with Gasteiger partial charge < -0.3 is 10.2 Å². The van der Waals surface area contributed by atoms with Gasteiger partial charge in [-0.15, -0.1) is 0 Å². The van der Waals surface area contributed by atoms with Crippen LogP contribution in [0, 0.1) is 11.3 Å². The molecule has 5 heteroatoms. The summed E-state index contributed by atoms with van der Waals surface area (Å²) in [6.07, 6.45) is 0.903. The van der Waals surface area contributed by atoms with Crippen molar-refractivity contribution in [1.82, 2.24) is 5.32 Å². The number of halogens is 1. The largest absolute Gasteiger partial charge is 0.364 e. The van der Waals surface area contributed by atoms with E-state index in [9.17, 15) is 4.79 Å². The Morgan fingerprint density at radius 2 is 2.28 bits per heavy atom. The molecule has 0 fully saturated rings. The number of rotatable bonds is 5. The fourth-order valence-corrected chi connectivity index (χ4v) is 1.72. The lowest BCUT2D eigenvalue weighted by Crippen LogP contribution is -2.35. The number of likely N-dealkylation sites (N-methyl/N-ethyl adjacent to an activating group) is 1. The van der Waals surface area contributed by atoms with Crippen molar-refractivity contribution in [2.24, 2.45) is 0 Å². The van der Waals surface area contributed by atoms with Crippen molar-refractivity contribution in [2.45, 2.75) is 13.3 Å². The van der Waals surface area contributed by atoms with Gasteiger partial charge in [0.25, 0.3) is 0 Å². The fourth-order valence-electron chi connectivity index (χ4n) is 1.55. The molecule has 1 rings (SSSR count). The quantitative estimate of drug-likeness (QED) is 0.888. The summed E-state index contributed by atoms with van der Waals surface area (Å²) in [7, 11) is 1.77. The Bertz CT molecular complexity index is 468. The van der Waals surface area contributed by atoms with Crippen LogP contribution in [0.2, 0.25) is 5.02 Å². The Hall–Kier alpha value is -1.73. The van der Waals surface area contributed by atoms with Crippen molar-refractivity contribution in [3.8, 4) is 6.07 Å². The number of nitrogens with one attached hydrogen (secondary N) is 1. The van der Waals surface area contributed by atoms with Crippen molar-refractivity contribution < 1.29 is 4.79 Å². The maximum absolute atomic E-state index is 11.6. The lowest BCUT2D eigenvalue weighted by atomic mass is 10.2. The molecule has 4 nitrogen and oxygen atoms in total. The first-order valence-electron chi connectivity index (χ1n) is 5.76. The van der Waals surface area contributed by atoms with Crippen LogP contribution in [0.4, 0.5) is 5.69 Å². The van der Waals surface area contributed by atoms with Crippen LogP contribution < -0.4 is 10.2 Å². The predicted octanol–water partition coefficient (Wildman–Crippen LogP) is 2.17. The van der Waals surface area contributed by atoms with Crippen molar-refractivity contribution in [2.75, 3.05) is 25.0 Å². The molecule has 0 aliphatic rings. The monoisotopic (exact) mass is 265 g/mol. The number of nitriles is 1. The summed E-state index contributed by atoms with van der Waals surface area (Å²) >= 11 is 5.83. The van der Waals surface area contributed by atoms with Crippen LogP contribution in [-0.4, -0.2) is 26.0 Å². The van der Waals surface area contributed by atoms with Gasteiger partial charge >= 0.3 is 0 Å². The summed E-state index contributed by atoms with van der Waals surface area (Å²) in [6, 6.07) is 7.12. The average Bonchev–Trinajstić information content (AvgIpc) is 2.35. The Morgan fingerprint density at radius 3 is 2.89 bits per heavy atom. The summed E-state index contributed by atoms with van der Waals surface area (Å²) in [4.78, 5) is 13.3. The van der Waals surface area contributed by atoms with Gasteiger partial charge in [-0.2, -0.15) is 5.26 Å². The molecule has 1 aromatic carbocycles. The maximum Gasteiger partial charge on any atom is 0.239 e.